The molecule has 1 N–H and O–H groups in total. The van der Waals surface area contributed by atoms with Gasteiger partial charge in [0.25, 0.3) is 0 Å². The van der Waals surface area contributed by atoms with E-state index in [-0.39, 0.29) is 12.1 Å². The topological polar surface area (TPSA) is 63.6 Å². The number of hydrogen-bond acceptors (Lipinski definition) is 3. The van der Waals surface area contributed by atoms with Gasteiger partial charge in [-0.3, -0.25) is 9.59 Å². The summed E-state index contributed by atoms with van der Waals surface area (Å²) in [5.74, 6) is -1.96. The molecule has 1 aliphatic rings. The van der Waals surface area contributed by atoms with Crippen molar-refractivity contribution in [1.82, 2.24) is 0 Å². The summed E-state index contributed by atoms with van der Waals surface area (Å²) < 4.78 is 5.88. The van der Waals surface area contributed by atoms with Crippen molar-refractivity contribution in [1.29, 1.82) is 0 Å². The van der Waals surface area contributed by atoms with Crippen molar-refractivity contribution in [2.45, 2.75) is 117 Å². The molecule has 3 atom stereocenters. The number of carbonyl (C=O) groups excluding carboxylic acids is 1. The molecule has 0 saturated carbocycles. The monoisotopic (exact) mass is 394 g/mol. The van der Waals surface area contributed by atoms with E-state index in [4.69, 9.17) is 4.74 Å². The van der Waals surface area contributed by atoms with Crippen LogP contribution in [0.2, 0.25) is 0 Å². The van der Waals surface area contributed by atoms with Crippen LogP contribution in [-0.2, 0) is 14.3 Å². The summed E-state index contributed by atoms with van der Waals surface area (Å²) in [5.41, 5.74) is -1.05. The first-order valence-electron chi connectivity index (χ1n) is 11.6. The highest BCUT2D eigenvalue weighted by atomic mass is 16.5. The molecule has 1 aliphatic carbocycles. The maximum atomic E-state index is 12.9. The van der Waals surface area contributed by atoms with Gasteiger partial charge in [-0.15, -0.1) is 0 Å². The molecular weight excluding hydrogens is 352 g/mol. The Morgan fingerprint density at radius 1 is 1.00 bits per heavy atom. The van der Waals surface area contributed by atoms with Gasteiger partial charge in [-0.05, 0) is 39.0 Å². The number of esters is 1. The van der Waals surface area contributed by atoms with Crippen LogP contribution in [0.5, 0.6) is 0 Å². The van der Waals surface area contributed by atoms with Crippen LogP contribution in [0.15, 0.2) is 12.2 Å². The molecular formula is C24H42O4. The van der Waals surface area contributed by atoms with Crippen molar-refractivity contribution in [3.63, 3.8) is 0 Å². The standard InChI is InChI=1S/C24H42O4/c1-4-6-8-9-10-11-12-13-17-20(16-7-5-2)28-23(27)24(3)19-15-14-18-21(24)22(25)26/h15,19-21H,4-14,16-18H2,1-3H3,(H,25,26). The van der Waals surface area contributed by atoms with Gasteiger partial charge in [0, 0.05) is 0 Å². The Labute approximate surface area is 172 Å². The smallest absolute Gasteiger partial charge is 0.316 e. The Bertz CT molecular complexity index is 485. The van der Waals surface area contributed by atoms with Gasteiger partial charge < -0.3 is 9.84 Å². The summed E-state index contributed by atoms with van der Waals surface area (Å²) in [5, 5.41) is 9.53. The third-order valence-electron chi connectivity index (χ3n) is 6.08. The second kappa shape index (κ2) is 13.8. The van der Waals surface area contributed by atoms with E-state index < -0.39 is 17.3 Å². The molecule has 0 fully saturated rings. The zero-order valence-electron chi connectivity index (χ0n) is 18.4. The highest BCUT2D eigenvalue weighted by Gasteiger charge is 2.46. The minimum Gasteiger partial charge on any atom is -0.481 e. The number of aliphatic carboxylic acids is 1. The molecule has 0 radical (unpaired) electrons. The van der Waals surface area contributed by atoms with E-state index in [0.29, 0.717) is 12.8 Å². The van der Waals surface area contributed by atoms with Crippen molar-refractivity contribution in [2.75, 3.05) is 0 Å². The lowest BCUT2D eigenvalue weighted by molar-refractivity contribution is -0.168. The van der Waals surface area contributed by atoms with Crippen LogP contribution in [-0.4, -0.2) is 23.1 Å². The Morgan fingerprint density at radius 2 is 1.57 bits per heavy atom. The molecule has 0 aromatic rings. The largest absolute Gasteiger partial charge is 0.481 e. The molecule has 0 heterocycles. The van der Waals surface area contributed by atoms with E-state index in [2.05, 4.69) is 13.8 Å². The number of allylic oxidation sites excluding steroid dienone is 1. The zero-order valence-corrected chi connectivity index (χ0v) is 18.4. The minimum absolute atomic E-state index is 0.0888. The van der Waals surface area contributed by atoms with E-state index in [9.17, 15) is 14.7 Å². The van der Waals surface area contributed by atoms with Gasteiger partial charge in [-0.2, -0.15) is 0 Å². The first kappa shape index (κ1) is 24.7. The lowest BCUT2D eigenvalue weighted by Gasteiger charge is -2.34. The highest BCUT2D eigenvalue weighted by Crippen LogP contribution is 2.38. The van der Waals surface area contributed by atoms with Crippen LogP contribution >= 0.6 is 0 Å². The third-order valence-corrected chi connectivity index (χ3v) is 6.08. The van der Waals surface area contributed by atoms with Crippen molar-refractivity contribution in [2.24, 2.45) is 11.3 Å². The van der Waals surface area contributed by atoms with Crippen molar-refractivity contribution in [3.8, 4) is 0 Å². The van der Waals surface area contributed by atoms with Crippen molar-refractivity contribution in [3.05, 3.63) is 12.2 Å². The van der Waals surface area contributed by atoms with E-state index in [1.54, 1.807) is 13.0 Å². The third kappa shape index (κ3) is 8.36. The molecule has 3 unspecified atom stereocenters. The molecule has 0 aromatic heterocycles. The first-order chi connectivity index (χ1) is 13.5. The molecule has 0 aliphatic heterocycles. The van der Waals surface area contributed by atoms with Gasteiger partial charge in [0.2, 0.25) is 0 Å². The number of rotatable bonds is 15. The summed E-state index contributed by atoms with van der Waals surface area (Å²) in [6.45, 7) is 6.09. The Morgan fingerprint density at radius 3 is 2.18 bits per heavy atom. The number of ether oxygens (including phenoxy) is 1. The zero-order chi connectivity index (χ0) is 20.8. The lowest BCUT2D eigenvalue weighted by atomic mass is 9.71. The first-order valence-corrected chi connectivity index (χ1v) is 11.6. The van der Waals surface area contributed by atoms with E-state index >= 15 is 0 Å². The number of carboxylic acids is 1. The van der Waals surface area contributed by atoms with Gasteiger partial charge in [-0.25, -0.2) is 0 Å². The summed E-state index contributed by atoms with van der Waals surface area (Å²) in [6.07, 6.45) is 18.7. The van der Waals surface area contributed by atoms with Gasteiger partial charge >= 0.3 is 11.9 Å². The molecule has 0 saturated heterocycles. The van der Waals surface area contributed by atoms with Gasteiger partial charge in [0.15, 0.2) is 0 Å². The average Bonchev–Trinajstić information content (AvgIpc) is 2.67. The molecule has 1 rings (SSSR count). The van der Waals surface area contributed by atoms with Crippen LogP contribution in [0.25, 0.3) is 0 Å². The Kier molecular flexibility index (Phi) is 12.2. The van der Waals surface area contributed by atoms with Crippen molar-refractivity contribution >= 4 is 11.9 Å². The molecule has 0 spiro atoms. The van der Waals surface area contributed by atoms with E-state index in [1.807, 2.05) is 6.08 Å². The Balaban J connectivity index is 2.50. The maximum Gasteiger partial charge on any atom is 0.316 e. The molecule has 162 valence electrons. The molecule has 0 bridgehead atoms. The van der Waals surface area contributed by atoms with Crippen LogP contribution in [0, 0.1) is 11.3 Å². The second-order valence-corrected chi connectivity index (χ2v) is 8.59. The van der Waals surface area contributed by atoms with E-state index in [0.717, 1.165) is 32.1 Å². The maximum absolute atomic E-state index is 12.9. The molecule has 0 aromatic carbocycles. The fourth-order valence-electron chi connectivity index (χ4n) is 4.08. The van der Waals surface area contributed by atoms with E-state index in [1.165, 1.54) is 44.9 Å². The molecule has 0 amide bonds. The normalized spacial score (nSPS) is 22.8. The number of hydrogen-bond donors (Lipinski definition) is 1. The predicted octanol–water partition coefficient (Wildman–Crippen LogP) is 6.68. The van der Waals surface area contributed by atoms with Crippen molar-refractivity contribution < 1.29 is 19.4 Å². The van der Waals surface area contributed by atoms with Gasteiger partial charge in [-0.1, -0.05) is 83.8 Å². The minimum atomic E-state index is -1.05. The fourth-order valence-corrected chi connectivity index (χ4v) is 4.08. The molecule has 28 heavy (non-hydrogen) atoms. The van der Waals surface area contributed by atoms with Gasteiger partial charge in [0.1, 0.15) is 6.10 Å². The Hall–Kier alpha value is -1.32. The number of carbonyl (C=O) groups is 2. The lowest BCUT2D eigenvalue weighted by Crippen LogP contribution is -2.42. The van der Waals surface area contributed by atoms with Crippen LogP contribution in [0.3, 0.4) is 0 Å². The van der Waals surface area contributed by atoms with Crippen LogP contribution < -0.4 is 0 Å². The molecule has 4 nitrogen and oxygen atoms in total. The quantitative estimate of drug-likeness (QED) is 0.191. The highest BCUT2D eigenvalue weighted by molar-refractivity contribution is 5.86. The number of carboxylic acid groups (broad SMARTS) is 1. The summed E-state index contributed by atoms with van der Waals surface area (Å²) in [7, 11) is 0. The summed E-state index contributed by atoms with van der Waals surface area (Å²) in [4.78, 5) is 24.5. The second-order valence-electron chi connectivity index (χ2n) is 8.59. The van der Waals surface area contributed by atoms with Crippen LogP contribution in [0.1, 0.15) is 111 Å². The average molecular weight is 395 g/mol. The predicted molar refractivity (Wildman–Crippen MR) is 114 cm³/mol. The summed E-state index contributed by atoms with van der Waals surface area (Å²) >= 11 is 0. The van der Waals surface area contributed by atoms with Gasteiger partial charge in [0.05, 0.1) is 11.3 Å². The molecule has 4 heteroatoms. The van der Waals surface area contributed by atoms with Crippen LogP contribution in [0.4, 0.5) is 0 Å². The fraction of sp³-hybridized carbons (Fsp3) is 0.833. The SMILES string of the molecule is CCCCCCCCCCC(CCCC)OC(=O)C1(C)C=CCCC1C(=O)O. The number of unbranched alkanes of at least 4 members (excludes halogenated alkanes) is 8. The summed E-state index contributed by atoms with van der Waals surface area (Å²) in [6, 6.07) is 0.